The van der Waals surface area contributed by atoms with Crippen molar-refractivity contribution in [3.63, 3.8) is 0 Å². The summed E-state index contributed by atoms with van der Waals surface area (Å²) >= 11 is 0. The molecule has 3 N–H and O–H groups in total. The minimum Gasteiger partial charge on any atom is -0.381 e. The van der Waals surface area contributed by atoms with E-state index in [0.717, 1.165) is 23.8 Å². The Balaban J connectivity index is 1.44. The van der Waals surface area contributed by atoms with E-state index in [1.165, 1.54) is 10.1 Å². The van der Waals surface area contributed by atoms with Crippen LogP contribution in [0.1, 0.15) is 59.1 Å². The Bertz CT molecular complexity index is 2080. The number of nitrogens with two attached hydrogens (primary N) is 1. The van der Waals surface area contributed by atoms with Gasteiger partial charge in [0.15, 0.2) is 11.5 Å². The summed E-state index contributed by atoms with van der Waals surface area (Å²) in [5, 5.41) is 8.45. The van der Waals surface area contributed by atoms with Crippen LogP contribution in [0.25, 0.3) is 22.1 Å². The molecule has 0 aliphatic heterocycles. The van der Waals surface area contributed by atoms with E-state index in [-0.39, 0.29) is 16.9 Å². The molecule has 212 valence electrons. The fourth-order valence-electron chi connectivity index (χ4n) is 5.30. The number of nitrogens with zero attached hydrogens (tertiary/aromatic N) is 4. The molecule has 0 aliphatic rings. The fraction of sp³-hybridized carbons (Fsp3) is 0.143. The number of carbonyl (C=O) groups is 1. The van der Waals surface area contributed by atoms with Gasteiger partial charge in [-0.25, -0.2) is 9.50 Å². The molecule has 0 saturated heterocycles. The highest BCUT2D eigenvalue weighted by Crippen LogP contribution is 2.24. The number of fused-ring (bicyclic) bond motifs is 2. The quantitative estimate of drug-likeness (QED) is 0.261. The Hall–Kier alpha value is -5.68. The fourth-order valence-corrected chi connectivity index (χ4v) is 5.30. The number of nitrogens with one attached hydrogen (secondary N) is 1. The molecule has 3 aromatic heterocycles. The maximum atomic E-state index is 14.3. The molecule has 6 rings (SSSR count). The van der Waals surface area contributed by atoms with Gasteiger partial charge in [0.1, 0.15) is 5.56 Å². The summed E-state index contributed by atoms with van der Waals surface area (Å²) in [6.45, 7) is 3.99. The van der Waals surface area contributed by atoms with Crippen LogP contribution in [0, 0.1) is 11.8 Å². The number of anilines is 1. The highest BCUT2D eigenvalue weighted by Gasteiger charge is 2.24. The zero-order valence-corrected chi connectivity index (χ0v) is 23.9. The van der Waals surface area contributed by atoms with E-state index < -0.39 is 11.9 Å². The molecule has 43 heavy (non-hydrogen) atoms. The molecule has 3 heterocycles. The Morgan fingerprint density at radius 1 is 1.00 bits per heavy atom. The highest BCUT2D eigenvalue weighted by molar-refractivity contribution is 6.04. The monoisotopic (exact) mass is 566 g/mol. The number of para-hydroxylation sites is 1. The lowest BCUT2D eigenvalue weighted by Crippen LogP contribution is -2.32. The third-order valence-electron chi connectivity index (χ3n) is 7.36. The number of aromatic nitrogens is 4. The van der Waals surface area contributed by atoms with Crippen molar-refractivity contribution in [2.45, 2.75) is 32.7 Å². The van der Waals surface area contributed by atoms with E-state index in [1.54, 1.807) is 23.0 Å². The van der Waals surface area contributed by atoms with Gasteiger partial charge in [-0.15, -0.1) is 5.10 Å². The summed E-state index contributed by atoms with van der Waals surface area (Å²) in [7, 11) is 0. The molecule has 6 aromatic rings. The van der Waals surface area contributed by atoms with E-state index in [0.29, 0.717) is 28.0 Å². The van der Waals surface area contributed by atoms with Gasteiger partial charge in [-0.2, -0.15) is 0 Å². The van der Waals surface area contributed by atoms with E-state index in [9.17, 15) is 9.59 Å². The standard InChI is InChI=1S/C35H30N6O2/c1-3-9-24-14-16-25(17-15-24)18-19-26-10-7-11-27-22-29(41(35(43)30(26)27)28-12-5-4-6-13-28)23(2)38-34(42)31-32(36)39-40-21-8-20-37-33(31)40/h4-8,10-17,20-23H,3,9H2,1-2H3,(H2,36,39)(H,38,42). The van der Waals surface area contributed by atoms with Gasteiger partial charge in [-0.05, 0) is 66.8 Å². The molecule has 3 aromatic carbocycles. The van der Waals surface area contributed by atoms with Crippen LogP contribution in [0.4, 0.5) is 5.82 Å². The van der Waals surface area contributed by atoms with Gasteiger partial charge in [0.2, 0.25) is 0 Å². The first-order chi connectivity index (χ1) is 20.9. The molecule has 8 heteroatoms. The molecular formula is C35H30N6O2. The minimum atomic E-state index is -0.570. The third-order valence-corrected chi connectivity index (χ3v) is 7.36. The van der Waals surface area contributed by atoms with E-state index in [1.807, 2.05) is 73.7 Å². The first-order valence-corrected chi connectivity index (χ1v) is 14.2. The lowest BCUT2D eigenvalue weighted by molar-refractivity contribution is 0.0941. The lowest BCUT2D eigenvalue weighted by Gasteiger charge is -2.21. The maximum Gasteiger partial charge on any atom is 0.264 e. The summed E-state index contributed by atoms with van der Waals surface area (Å²) in [6.07, 6.45) is 5.37. The van der Waals surface area contributed by atoms with Crippen LogP contribution in [-0.2, 0) is 6.42 Å². The van der Waals surface area contributed by atoms with Crippen LogP contribution in [0.2, 0.25) is 0 Å². The Morgan fingerprint density at radius 3 is 2.56 bits per heavy atom. The summed E-state index contributed by atoms with van der Waals surface area (Å²) < 4.78 is 3.10. The largest absolute Gasteiger partial charge is 0.381 e. The van der Waals surface area contributed by atoms with Crippen molar-refractivity contribution in [1.29, 1.82) is 0 Å². The van der Waals surface area contributed by atoms with Crippen molar-refractivity contribution in [2.75, 3.05) is 5.73 Å². The zero-order valence-electron chi connectivity index (χ0n) is 23.9. The van der Waals surface area contributed by atoms with Crippen molar-refractivity contribution < 1.29 is 4.79 Å². The van der Waals surface area contributed by atoms with Gasteiger partial charge >= 0.3 is 0 Å². The Kier molecular flexibility index (Phi) is 7.46. The number of hydrogen-bond acceptors (Lipinski definition) is 5. The number of rotatable bonds is 6. The average molecular weight is 567 g/mol. The Morgan fingerprint density at radius 2 is 1.79 bits per heavy atom. The van der Waals surface area contributed by atoms with Crippen molar-refractivity contribution in [2.24, 2.45) is 0 Å². The van der Waals surface area contributed by atoms with Crippen LogP contribution in [0.15, 0.2) is 102 Å². The number of benzene rings is 3. The van der Waals surface area contributed by atoms with Crippen LogP contribution in [0.5, 0.6) is 0 Å². The molecule has 0 radical (unpaired) electrons. The number of hydrogen-bond donors (Lipinski definition) is 2. The second-order valence-electron chi connectivity index (χ2n) is 10.4. The van der Waals surface area contributed by atoms with Crippen molar-refractivity contribution in [1.82, 2.24) is 24.5 Å². The van der Waals surface area contributed by atoms with E-state index in [2.05, 4.69) is 46.3 Å². The van der Waals surface area contributed by atoms with Crippen LogP contribution in [-0.4, -0.2) is 25.1 Å². The molecule has 0 bridgehead atoms. The summed E-state index contributed by atoms with van der Waals surface area (Å²) in [5.74, 6) is 6.10. The molecule has 0 fully saturated rings. The second-order valence-corrected chi connectivity index (χ2v) is 10.4. The molecule has 1 atom stereocenters. The number of pyridine rings is 1. The van der Waals surface area contributed by atoms with Gasteiger partial charge < -0.3 is 11.1 Å². The molecule has 0 aliphatic carbocycles. The lowest BCUT2D eigenvalue weighted by atomic mass is 10.0. The molecule has 0 saturated carbocycles. The summed E-state index contributed by atoms with van der Waals surface area (Å²) in [6, 6.07) is 26.3. The maximum absolute atomic E-state index is 14.3. The van der Waals surface area contributed by atoms with Gasteiger partial charge in [-0.3, -0.25) is 14.2 Å². The summed E-state index contributed by atoms with van der Waals surface area (Å²) in [5.41, 5.74) is 10.5. The Labute approximate surface area is 248 Å². The van der Waals surface area contributed by atoms with Gasteiger partial charge in [0.25, 0.3) is 11.5 Å². The number of nitrogen functional groups attached to an aromatic ring is 1. The van der Waals surface area contributed by atoms with Crippen molar-refractivity contribution in [3.8, 4) is 17.5 Å². The zero-order chi connectivity index (χ0) is 29.9. The second kappa shape index (κ2) is 11.7. The summed E-state index contributed by atoms with van der Waals surface area (Å²) in [4.78, 5) is 32.0. The molecule has 1 unspecified atom stereocenters. The van der Waals surface area contributed by atoms with Gasteiger partial charge in [0, 0.05) is 34.9 Å². The highest BCUT2D eigenvalue weighted by atomic mass is 16.2. The van der Waals surface area contributed by atoms with Crippen LogP contribution < -0.4 is 16.6 Å². The SMILES string of the molecule is CCCc1ccc(C#Cc2cccc3cc(C(C)NC(=O)c4c(N)nn5cccnc45)n(-c4ccccc4)c(=O)c23)cc1. The van der Waals surface area contributed by atoms with E-state index >= 15 is 0 Å². The third kappa shape index (κ3) is 5.36. The molecule has 0 spiro atoms. The smallest absolute Gasteiger partial charge is 0.264 e. The van der Waals surface area contributed by atoms with E-state index in [4.69, 9.17) is 5.73 Å². The molecule has 8 nitrogen and oxygen atoms in total. The molecule has 1 amide bonds. The minimum absolute atomic E-state index is 0.0746. The predicted octanol–water partition coefficient (Wildman–Crippen LogP) is 5.46. The number of carbonyl (C=O) groups excluding carboxylic acids is 1. The number of aryl methyl sites for hydroxylation is 1. The van der Waals surface area contributed by atoms with Crippen molar-refractivity contribution >= 4 is 28.1 Å². The van der Waals surface area contributed by atoms with Crippen LogP contribution in [0.3, 0.4) is 0 Å². The van der Waals surface area contributed by atoms with Gasteiger partial charge in [-0.1, -0.05) is 67.6 Å². The first-order valence-electron chi connectivity index (χ1n) is 14.2. The first kappa shape index (κ1) is 27.5. The number of amides is 1. The van der Waals surface area contributed by atoms with Crippen LogP contribution >= 0.6 is 0 Å². The normalized spacial score (nSPS) is 11.7. The topological polar surface area (TPSA) is 107 Å². The average Bonchev–Trinajstić information content (AvgIpc) is 3.36. The van der Waals surface area contributed by atoms with Gasteiger partial charge in [0.05, 0.1) is 11.4 Å². The van der Waals surface area contributed by atoms with Crippen molar-refractivity contribution in [3.05, 3.63) is 136 Å². The predicted molar refractivity (Wildman–Crippen MR) is 169 cm³/mol. The molecular weight excluding hydrogens is 536 g/mol.